The van der Waals surface area contributed by atoms with Crippen molar-refractivity contribution < 1.29 is 9.53 Å². The Morgan fingerprint density at radius 2 is 1.48 bits per heavy atom. The lowest BCUT2D eigenvalue weighted by Gasteiger charge is -2.32. The molecule has 0 aliphatic rings. The second kappa shape index (κ2) is 8.70. The van der Waals surface area contributed by atoms with Crippen molar-refractivity contribution in [3.8, 4) is 5.75 Å². The summed E-state index contributed by atoms with van der Waals surface area (Å²) in [6, 6.07) is 18.5. The molecule has 0 aliphatic heterocycles. The zero-order chi connectivity index (χ0) is 18.4. The largest absolute Gasteiger partial charge is 0.496 e. The fourth-order valence-corrected chi connectivity index (χ4v) is 3.50. The van der Waals surface area contributed by atoms with Gasteiger partial charge in [-0.05, 0) is 39.3 Å². The zero-order valence-corrected chi connectivity index (χ0v) is 15.9. The van der Waals surface area contributed by atoms with Crippen molar-refractivity contribution in [3.63, 3.8) is 0 Å². The number of ether oxygens (including phenoxy) is 1. The van der Waals surface area contributed by atoms with Crippen molar-refractivity contribution in [2.24, 2.45) is 0 Å². The Balaban J connectivity index is 2.41. The van der Waals surface area contributed by atoms with Crippen LogP contribution in [0.4, 0.5) is 0 Å². The third-order valence-corrected chi connectivity index (χ3v) is 4.50. The van der Waals surface area contributed by atoms with Crippen LogP contribution in [0, 0.1) is 0 Å². The van der Waals surface area contributed by atoms with Gasteiger partial charge in [0, 0.05) is 30.0 Å². The van der Waals surface area contributed by atoms with Gasteiger partial charge in [0.25, 0.3) is 0 Å². The molecule has 25 heavy (non-hydrogen) atoms. The quantitative estimate of drug-likeness (QED) is 0.721. The van der Waals surface area contributed by atoms with Crippen molar-refractivity contribution in [3.05, 3.63) is 65.7 Å². The van der Waals surface area contributed by atoms with Crippen LogP contribution in [0.1, 0.15) is 51.2 Å². The lowest BCUT2D eigenvalue weighted by molar-refractivity contribution is -0.135. The van der Waals surface area contributed by atoms with E-state index in [9.17, 15) is 4.79 Å². The average molecular weight is 339 g/mol. The van der Waals surface area contributed by atoms with Crippen LogP contribution in [-0.4, -0.2) is 30.0 Å². The Morgan fingerprint density at radius 1 is 0.920 bits per heavy atom. The van der Waals surface area contributed by atoms with E-state index in [-0.39, 0.29) is 23.9 Å². The van der Waals surface area contributed by atoms with Crippen molar-refractivity contribution >= 4 is 5.91 Å². The fourth-order valence-electron chi connectivity index (χ4n) is 3.50. The number of methoxy groups -OCH3 is 1. The summed E-state index contributed by atoms with van der Waals surface area (Å²) >= 11 is 0. The Labute approximate surface area is 151 Å². The van der Waals surface area contributed by atoms with Gasteiger partial charge >= 0.3 is 0 Å². The minimum Gasteiger partial charge on any atom is -0.496 e. The lowest BCUT2D eigenvalue weighted by atomic mass is 9.87. The Bertz CT molecular complexity index is 671. The van der Waals surface area contributed by atoms with E-state index in [4.69, 9.17) is 4.74 Å². The van der Waals surface area contributed by atoms with Crippen LogP contribution in [0.25, 0.3) is 0 Å². The number of para-hydroxylation sites is 1. The number of nitrogens with zero attached hydrogens (tertiary/aromatic N) is 1. The summed E-state index contributed by atoms with van der Waals surface area (Å²) in [5.41, 5.74) is 2.19. The third-order valence-electron chi connectivity index (χ3n) is 4.50. The fraction of sp³-hybridized carbons (Fsp3) is 0.409. The molecule has 134 valence electrons. The van der Waals surface area contributed by atoms with Crippen molar-refractivity contribution in [1.29, 1.82) is 0 Å². The maximum atomic E-state index is 13.1. The number of amides is 1. The number of carbonyl (C=O) groups is 1. The lowest BCUT2D eigenvalue weighted by Crippen LogP contribution is -2.42. The van der Waals surface area contributed by atoms with Crippen LogP contribution in [0.3, 0.4) is 0 Å². The summed E-state index contributed by atoms with van der Waals surface area (Å²) < 4.78 is 5.56. The van der Waals surface area contributed by atoms with E-state index in [2.05, 4.69) is 45.9 Å². The summed E-state index contributed by atoms with van der Waals surface area (Å²) in [5, 5.41) is 0. The predicted molar refractivity (Wildman–Crippen MR) is 103 cm³/mol. The second-order valence-corrected chi connectivity index (χ2v) is 6.90. The topological polar surface area (TPSA) is 29.5 Å². The monoisotopic (exact) mass is 339 g/mol. The molecule has 1 atom stereocenters. The highest BCUT2D eigenvalue weighted by atomic mass is 16.5. The maximum absolute atomic E-state index is 13.1. The normalized spacial score (nSPS) is 12.3. The van der Waals surface area contributed by atoms with Crippen molar-refractivity contribution in [2.75, 3.05) is 7.11 Å². The summed E-state index contributed by atoms with van der Waals surface area (Å²) in [4.78, 5) is 15.0. The molecule has 0 aliphatic carbocycles. The summed E-state index contributed by atoms with van der Waals surface area (Å²) in [5.74, 6) is 0.972. The van der Waals surface area contributed by atoms with E-state index in [1.165, 1.54) is 0 Å². The van der Waals surface area contributed by atoms with E-state index in [1.807, 2.05) is 41.3 Å². The first kappa shape index (κ1) is 19.0. The molecule has 0 spiro atoms. The molecule has 1 amide bonds. The van der Waals surface area contributed by atoms with Crippen LogP contribution >= 0.6 is 0 Å². The molecule has 0 radical (unpaired) electrons. The highest BCUT2D eigenvalue weighted by molar-refractivity contribution is 5.78. The van der Waals surface area contributed by atoms with Gasteiger partial charge in [-0.2, -0.15) is 0 Å². The summed E-state index contributed by atoms with van der Waals surface area (Å²) in [6.07, 6.45) is 0.431. The number of benzene rings is 2. The Kier molecular flexibility index (Phi) is 6.63. The van der Waals surface area contributed by atoms with Crippen LogP contribution in [-0.2, 0) is 4.79 Å². The van der Waals surface area contributed by atoms with Crippen LogP contribution < -0.4 is 4.74 Å². The Hall–Kier alpha value is -2.29. The minimum atomic E-state index is -0.0233. The number of hydrogen-bond donors (Lipinski definition) is 0. The molecule has 1 unspecified atom stereocenters. The third kappa shape index (κ3) is 4.62. The minimum absolute atomic E-state index is 0.0233. The van der Waals surface area contributed by atoms with Gasteiger partial charge < -0.3 is 9.64 Å². The van der Waals surface area contributed by atoms with E-state index >= 15 is 0 Å². The van der Waals surface area contributed by atoms with E-state index in [0.717, 1.165) is 16.9 Å². The van der Waals surface area contributed by atoms with Gasteiger partial charge in [0.2, 0.25) is 5.91 Å². The standard InChI is InChI=1S/C22H29NO2/c1-16(2)23(17(3)4)22(24)15-20(18-11-7-6-8-12-18)19-13-9-10-14-21(19)25-5/h6-14,16-17,20H,15H2,1-5H3. The van der Waals surface area contributed by atoms with Crippen LogP contribution in [0.5, 0.6) is 5.75 Å². The van der Waals surface area contributed by atoms with E-state index < -0.39 is 0 Å². The molecule has 3 heteroatoms. The van der Waals surface area contributed by atoms with Gasteiger partial charge in [-0.15, -0.1) is 0 Å². The summed E-state index contributed by atoms with van der Waals surface area (Å²) in [6.45, 7) is 8.27. The van der Waals surface area contributed by atoms with E-state index in [0.29, 0.717) is 6.42 Å². The molecule has 0 heterocycles. The predicted octanol–water partition coefficient (Wildman–Crippen LogP) is 4.86. The number of carbonyl (C=O) groups excluding carboxylic acids is 1. The van der Waals surface area contributed by atoms with Gasteiger partial charge in [-0.25, -0.2) is 0 Å². The zero-order valence-electron chi connectivity index (χ0n) is 15.9. The van der Waals surface area contributed by atoms with Crippen molar-refractivity contribution in [1.82, 2.24) is 4.90 Å². The molecule has 2 aromatic carbocycles. The molecule has 0 N–H and O–H groups in total. The number of hydrogen-bond acceptors (Lipinski definition) is 2. The first-order chi connectivity index (χ1) is 12.0. The molecular weight excluding hydrogens is 310 g/mol. The van der Waals surface area contributed by atoms with Gasteiger partial charge in [-0.3, -0.25) is 4.79 Å². The molecule has 0 saturated heterocycles. The molecule has 0 aromatic heterocycles. The van der Waals surface area contributed by atoms with Crippen LogP contribution in [0.2, 0.25) is 0 Å². The molecule has 3 nitrogen and oxygen atoms in total. The van der Waals surface area contributed by atoms with Gasteiger partial charge in [0.15, 0.2) is 0 Å². The van der Waals surface area contributed by atoms with Crippen LogP contribution in [0.15, 0.2) is 54.6 Å². The molecule has 2 rings (SSSR count). The molecule has 0 fully saturated rings. The maximum Gasteiger partial charge on any atom is 0.223 e. The highest BCUT2D eigenvalue weighted by Crippen LogP contribution is 2.35. The van der Waals surface area contributed by atoms with Gasteiger partial charge in [0.05, 0.1) is 7.11 Å². The molecular formula is C22H29NO2. The van der Waals surface area contributed by atoms with E-state index in [1.54, 1.807) is 7.11 Å². The SMILES string of the molecule is COc1ccccc1C(CC(=O)N(C(C)C)C(C)C)c1ccccc1. The van der Waals surface area contributed by atoms with Crippen molar-refractivity contribution in [2.45, 2.75) is 52.1 Å². The van der Waals surface area contributed by atoms with Gasteiger partial charge in [0.1, 0.15) is 5.75 Å². The second-order valence-electron chi connectivity index (χ2n) is 6.90. The molecule has 2 aromatic rings. The molecule has 0 saturated carbocycles. The highest BCUT2D eigenvalue weighted by Gasteiger charge is 2.26. The molecule has 0 bridgehead atoms. The Morgan fingerprint density at radius 3 is 2.04 bits per heavy atom. The van der Waals surface area contributed by atoms with Gasteiger partial charge in [-0.1, -0.05) is 48.5 Å². The first-order valence-electron chi connectivity index (χ1n) is 8.94. The smallest absolute Gasteiger partial charge is 0.223 e. The number of rotatable bonds is 7. The first-order valence-corrected chi connectivity index (χ1v) is 8.94. The summed E-state index contributed by atoms with van der Waals surface area (Å²) in [7, 11) is 1.68. The average Bonchev–Trinajstić information content (AvgIpc) is 2.59.